The van der Waals surface area contributed by atoms with Crippen molar-refractivity contribution in [3.8, 4) is 5.75 Å². The second-order valence-electron chi connectivity index (χ2n) is 5.21. The van der Waals surface area contributed by atoms with Crippen LogP contribution in [-0.2, 0) is 6.54 Å². The van der Waals surface area contributed by atoms with Crippen LogP contribution in [-0.4, -0.2) is 10.6 Å². The van der Waals surface area contributed by atoms with Gasteiger partial charge in [-0.15, -0.1) is 0 Å². The van der Waals surface area contributed by atoms with E-state index in [1.807, 2.05) is 6.07 Å². The highest BCUT2D eigenvalue weighted by atomic mass is 35.5. The highest BCUT2D eigenvalue weighted by Gasteiger charge is 2.26. The highest BCUT2D eigenvalue weighted by Crippen LogP contribution is 2.30. The summed E-state index contributed by atoms with van der Waals surface area (Å²) in [6.45, 7) is 2.90. The zero-order valence-electron chi connectivity index (χ0n) is 10.3. The van der Waals surface area contributed by atoms with Crippen LogP contribution in [0.2, 0.25) is 5.02 Å². The van der Waals surface area contributed by atoms with Crippen LogP contribution in [0.1, 0.15) is 44.6 Å². The van der Waals surface area contributed by atoms with Gasteiger partial charge in [0, 0.05) is 22.7 Å². The first-order valence-corrected chi connectivity index (χ1v) is 6.70. The molecule has 2 N–H and O–H groups in total. The zero-order valence-corrected chi connectivity index (χ0v) is 11.1. The molecular formula is C14H20ClNO. The van der Waals surface area contributed by atoms with Crippen LogP contribution in [0.25, 0.3) is 0 Å². The van der Waals surface area contributed by atoms with E-state index < -0.39 is 0 Å². The largest absolute Gasteiger partial charge is 0.508 e. The number of nitrogens with one attached hydrogen (secondary N) is 1. The van der Waals surface area contributed by atoms with Crippen molar-refractivity contribution < 1.29 is 5.11 Å². The molecule has 1 fully saturated rings. The lowest BCUT2D eigenvalue weighted by Crippen LogP contribution is -2.43. The number of rotatable bonds is 3. The lowest BCUT2D eigenvalue weighted by atomic mass is 9.83. The second-order valence-corrected chi connectivity index (χ2v) is 5.62. The molecule has 1 aliphatic carbocycles. The highest BCUT2D eigenvalue weighted by molar-refractivity contribution is 6.31. The molecule has 0 aromatic heterocycles. The number of phenolic OH excluding ortho intramolecular Hbond substituents is 1. The molecule has 2 nitrogen and oxygen atoms in total. The Morgan fingerprint density at radius 3 is 2.65 bits per heavy atom. The molecule has 1 aromatic carbocycles. The van der Waals surface area contributed by atoms with Gasteiger partial charge in [-0.2, -0.15) is 0 Å². The van der Waals surface area contributed by atoms with Crippen LogP contribution in [0.15, 0.2) is 18.2 Å². The van der Waals surface area contributed by atoms with Gasteiger partial charge in [-0.1, -0.05) is 36.9 Å². The number of hydrogen-bond acceptors (Lipinski definition) is 2. The third-order valence-corrected chi connectivity index (χ3v) is 4.10. The van der Waals surface area contributed by atoms with Crippen LogP contribution in [0.3, 0.4) is 0 Å². The fraction of sp³-hybridized carbons (Fsp3) is 0.571. The van der Waals surface area contributed by atoms with Gasteiger partial charge in [0.05, 0.1) is 0 Å². The Balaban J connectivity index is 2.02. The molecule has 1 aromatic rings. The summed E-state index contributed by atoms with van der Waals surface area (Å²) in [6, 6.07) is 5.27. The lowest BCUT2D eigenvalue weighted by molar-refractivity contribution is 0.251. The van der Waals surface area contributed by atoms with E-state index in [0.717, 1.165) is 5.56 Å². The fourth-order valence-electron chi connectivity index (χ4n) is 2.53. The van der Waals surface area contributed by atoms with Gasteiger partial charge in [0.15, 0.2) is 0 Å². The van der Waals surface area contributed by atoms with Crippen LogP contribution >= 0.6 is 11.6 Å². The molecule has 17 heavy (non-hydrogen) atoms. The Kier molecular flexibility index (Phi) is 3.95. The van der Waals surface area contributed by atoms with E-state index in [2.05, 4.69) is 12.2 Å². The van der Waals surface area contributed by atoms with E-state index >= 15 is 0 Å². The van der Waals surface area contributed by atoms with Crippen molar-refractivity contribution in [3.05, 3.63) is 28.8 Å². The molecule has 0 heterocycles. The summed E-state index contributed by atoms with van der Waals surface area (Å²) in [5, 5.41) is 14.0. The molecule has 0 atom stereocenters. The third kappa shape index (κ3) is 3.14. The van der Waals surface area contributed by atoms with Gasteiger partial charge < -0.3 is 10.4 Å². The molecule has 0 aliphatic heterocycles. The molecule has 1 aliphatic rings. The minimum absolute atomic E-state index is 0.198. The number of phenols is 1. The van der Waals surface area contributed by atoms with Crippen molar-refractivity contribution in [1.29, 1.82) is 0 Å². The molecule has 1 saturated carbocycles. The summed E-state index contributed by atoms with van der Waals surface area (Å²) in [5.74, 6) is 0.282. The van der Waals surface area contributed by atoms with Gasteiger partial charge in [0.2, 0.25) is 0 Å². The second kappa shape index (κ2) is 5.28. The molecule has 0 radical (unpaired) electrons. The number of benzene rings is 1. The van der Waals surface area contributed by atoms with Gasteiger partial charge in [-0.25, -0.2) is 0 Å². The third-order valence-electron chi connectivity index (χ3n) is 3.74. The standard InChI is InChI=1S/C14H20ClNO/c1-14(8-3-2-4-9-14)16-10-11-12(15)6-5-7-13(11)17/h5-7,16-17H,2-4,8-10H2,1H3. The van der Waals surface area contributed by atoms with Crippen LogP contribution < -0.4 is 5.32 Å². The quantitative estimate of drug-likeness (QED) is 0.858. The Morgan fingerprint density at radius 1 is 1.29 bits per heavy atom. The Hall–Kier alpha value is -0.730. The van der Waals surface area contributed by atoms with Gasteiger partial charge in [-0.3, -0.25) is 0 Å². The Bertz CT molecular complexity index is 366. The van der Waals surface area contributed by atoms with Crippen molar-refractivity contribution in [2.75, 3.05) is 0 Å². The maximum atomic E-state index is 9.78. The lowest BCUT2D eigenvalue weighted by Gasteiger charge is -2.35. The minimum atomic E-state index is 0.198. The van der Waals surface area contributed by atoms with Gasteiger partial charge in [0.25, 0.3) is 0 Å². The van der Waals surface area contributed by atoms with Crippen molar-refractivity contribution in [2.45, 2.75) is 51.1 Å². The first kappa shape index (κ1) is 12.7. The predicted molar refractivity (Wildman–Crippen MR) is 71.4 cm³/mol. The topological polar surface area (TPSA) is 32.3 Å². The summed E-state index contributed by atoms with van der Waals surface area (Å²) >= 11 is 6.09. The summed E-state index contributed by atoms with van der Waals surface area (Å²) in [6.07, 6.45) is 6.33. The molecule has 3 heteroatoms. The average Bonchev–Trinajstić information content (AvgIpc) is 2.29. The molecular weight excluding hydrogens is 234 g/mol. The van der Waals surface area contributed by atoms with E-state index in [-0.39, 0.29) is 11.3 Å². The summed E-state index contributed by atoms with van der Waals surface area (Å²) in [7, 11) is 0. The van der Waals surface area contributed by atoms with Crippen molar-refractivity contribution in [3.63, 3.8) is 0 Å². The SMILES string of the molecule is CC1(NCc2c(O)cccc2Cl)CCCCC1. The number of halogens is 1. The summed E-state index contributed by atoms with van der Waals surface area (Å²) in [5.41, 5.74) is 1.00. The van der Waals surface area contributed by atoms with E-state index in [4.69, 9.17) is 11.6 Å². The minimum Gasteiger partial charge on any atom is -0.508 e. The average molecular weight is 254 g/mol. The fourth-order valence-corrected chi connectivity index (χ4v) is 2.77. The molecule has 0 unspecified atom stereocenters. The maximum Gasteiger partial charge on any atom is 0.121 e. The van der Waals surface area contributed by atoms with E-state index in [0.29, 0.717) is 11.6 Å². The van der Waals surface area contributed by atoms with Crippen LogP contribution in [0.5, 0.6) is 5.75 Å². The predicted octanol–water partition coefficient (Wildman–Crippen LogP) is 3.86. The zero-order chi connectivity index (χ0) is 12.3. The molecule has 0 saturated heterocycles. The molecule has 2 rings (SSSR count). The normalized spacial score (nSPS) is 19.2. The Labute approximate surface area is 108 Å². The first-order valence-electron chi connectivity index (χ1n) is 6.32. The molecule has 94 valence electrons. The van der Waals surface area contributed by atoms with Crippen molar-refractivity contribution in [2.24, 2.45) is 0 Å². The Morgan fingerprint density at radius 2 is 2.00 bits per heavy atom. The summed E-state index contributed by atoms with van der Waals surface area (Å²) < 4.78 is 0. The number of aromatic hydroxyl groups is 1. The van der Waals surface area contributed by atoms with E-state index in [1.54, 1.807) is 12.1 Å². The molecule has 0 bridgehead atoms. The van der Waals surface area contributed by atoms with Gasteiger partial charge >= 0.3 is 0 Å². The molecule has 0 spiro atoms. The number of hydrogen-bond donors (Lipinski definition) is 2. The van der Waals surface area contributed by atoms with E-state index in [9.17, 15) is 5.11 Å². The van der Waals surface area contributed by atoms with E-state index in [1.165, 1.54) is 32.1 Å². The maximum absolute atomic E-state index is 9.78. The van der Waals surface area contributed by atoms with Crippen molar-refractivity contribution >= 4 is 11.6 Å². The molecule has 0 amide bonds. The van der Waals surface area contributed by atoms with Crippen LogP contribution in [0, 0.1) is 0 Å². The first-order chi connectivity index (χ1) is 8.11. The monoisotopic (exact) mass is 253 g/mol. The summed E-state index contributed by atoms with van der Waals surface area (Å²) in [4.78, 5) is 0. The smallest absolute Gasteiger partial charge is 0.121 e. The van der Waals surface area contributed by atoms with Gasteiger partial charge in [-0.05, 0) is 31.9 Å². The van der Waals surface area contributed by atoms with Gasteiger partial charge in [0.1, 0.15) is 5.75 Å². The van der Waals surface area contributed by atoms with Crippen LogP contribution in [0.4, 0.5) is 0 Å². The van der Waals surface area contributed by atoms with Crippen molar-refractivity contribution in [1.82, 2.24) is 5.32 Å².